The minimum atomic E-state index is 0.505. The summed E-state index contributed by atoms with van der Waals surface area (Å²) in [4.78, 5) is 4.49. The van der Waals surface area contributed by atoms with Crippen molar-refractivity contribution >= 4 is 0 Å². The normalized spacial score (nSPS) is 18.7. The van der Waals surface area contributed by atoms with Gasteiger partial charge >= 0.3 is 0 Å². The van der Waals surface area contributed by atoms with Gasteiger partial charge in [0.1, 0.15) is 5.82 Å². The highest BCUT2D eigenvalue weighted by Crippen LogP contribution is 2.28. The average molecular weight is 249 g/mol. The molecule has 0 aromatic carbocycles. The van der Waals surface area contributed by atoms with Gasteiger partial charge in [-0.1, -0.05) is 33.6 Å². The highest BCUT2D eigenvalue weighted by atomic mass is 15.1. The van der Waals surface area contributed by atoms with Crippen LogP contribution >= 0.6 is 0 Å². The number of nitrogens with one attached hydrogen (secondary N) is 1. The van der Waals surface area contributed by atoms with Gasteiger partial charge in [-0.05, 0) is 25.3 Å². The lowest BCUT2D eigenvalue weighted by atomic mass is 9.97. The van der Waals surface area contributed by atoms with E-state index in [-0.39, 0.29) is 0 Å². The van der Waals surface area contributed by atoms with E-state index in [1.807, 2.05) is 6.20 Å². The lowest BCUT2D eigenvalue weighted by Gasteiger charge is -2.26. The summed E-state index contributed by atoms with van der Waals surface area (Å²) in [5.74, 6) is 2.58. The zero-order valence-corrected chi connectivity index (χ0v) is 12.0. The number of hydrogen-bond acceptors (Lipinski definition) is 2. The monoisotopic (exact) mass is 249 g/mol. The first kappa shape index (κ1) is 13.6. The van der Waals surface area contributed by atoms with Gasteiger partial charge in [0, 0.05) is 30.9 Å². The molecule has 1 fully saturated rings. The summed E-state index contributed by atoms with van der Waals surface area (Å²) in [6.07, 6.45) is 9.68. The fourth-order valence-corrected chi connectivity index (χ4v) is 3.19. The van der Waals surface area contributed by atoms with E-state index >= 15 is 0 Å². The van der Waals surface area contributed by atoms with Crippen LogP contribution in [0, 0.1) is 5.92 Å². The molecule has 102 valence electrons. The summed E-state index contributed by atoms with van der Waals surface area (Å²) >= 11 is 0. The van der Waals surface area contributed by atoms with Crippen LogP contribution in [0.15, 0.2) is 12.4 Å². The molecule has 3 heteroatoms. The van der Waals surface area contributed by atoms with E-state index in [4.69, 9.17) is 0 Å². The Kier molecular flexibility index (Phi) is 4.81. The van der Waals surface area contributed by atoms with Gasteiger partial charge in [0.15, 0.2) is 0 Å². The van der Waals surface area contributed by atoms with Crippen LogP contribution in [-0.4, -0.2) is 22.1 Å². The maximum Gasteiger partial charge on any atom is 0.111 e. The molecule has 18 heavy (non-hydrogen) atoms. The van der Waals surface area contributed by atoms with Gasteiger partial charge in [0.25, 0.3) is 0 Å². The van der Waals surface area contributed by atoms with Crippen molar-refractivity contribution in [1.82, 2.24) is 14.9 Å². The molecule has 0 spiro atoms. The predicted molar refractivity (Wildman–Crippen MR) is 75.7 cm³/mol. The third kappa shape index (κ3) is 3.14. The van der Waals surface area contributed by atoms with Gasteiger partial charge in [0.05, 0.1) is 0 Å². The quantitative estimate of drug-likeness (QED) is 0.839. The van der Waals surface area contributed by atoms with Crippen LogP contribution in [0.1, 0.15) is 58.2 Å². The lowest BCUT2D eigenvalue weighted by Crippen LogP contribution is -2.39. The second-order valence-electron chi connectivity index (χ2n) is 5.80. The molecule has 0 bridgehead atoms. The maximum atomic E-state index is 4.49. The first-order valence-corrected chi connectivity index (χ1v) is 7.46. The zero-order chi connectivity index (χ0) is 13.0. The molecule has 2 rings (SSSR count). The molecule has 1 saturated carbocycles. The fourth-order valence-electron chi connectivity index (χ4n) is 3.19. The lowest BCUT2D eigenvalue weighted by molar-refractivity contribution is 0.323. The molecule has 0 radical (unpaired) electrons. The summed E-state index contributed by atoms with van der Waals surface area (Å²) in [6.45, 7) is 8.78. The van der Waals surface area contributed by atoms with E-state index in [0.29, 0.717) is 12.0 Å². The van der Waals surface area contributed by atoms with Crippen LogP contribution in [0.25, 0.3) is 0 Å². The van der Waals surface area contributed by atoms with Crippen molar-refractivity contribution in [3.8, 4) is 0 Å². The highest BCUT2D eigenvalue weighted by molar-refractivity contribution is 4.99. The van der Waals surface area contributed by atoms with Crippen LogP contribution in [0.5, 0.6) is 0 Å². The summed E-state index contributed by atoms with van der Waals surface area (Å²) in [7, 11) is 0. The average Bonchev–Trinajstić information content (AvgIpc) is 2.99. The number of imidazole rings is 1. The van der Waals surface area contributed by atoms with Crippen molar-refractivity contribution in [2.45, 2.75) is 65.0 Å². The van der Waals surface area contributed by atoms with Gasteiger partial charge in [-0.15, -0.1) is 0 Å². The van der Waals surface area contributed by atoms with Gasteiger partial charge in [-0.25, -0.2) is 4.98 Å². The molecule has 1 atom stereocenters. The zero-order valence-electron chi connectivity index (χ0n) is 12.0. The van der Waals surface area contributed by atoms with Crippen LogP contribution in [0.3, 0.4) is 0 Å². The highest BCUT2D eigenvalue weighted by Gasteiger charge is 2.25. The Bertz CT molecular complexity index is 350. The Morgan fingerprint density at radius 1 is 1.39 bits per heavy atom. The van der Waals surface area contributed by atoms with Gasteiger partial charge in [0.2, 0.25) is 0 Å². The minimum absolute atomic E-state index is 0.505. The number of hydrogen-bond donors (Lipinski definition) is 1. The Labute approximate surface area is 111 Å². The minimum Gasteiger partial charge on any atom is -0.333 e. The second-order valence-corrected chi connectivity index (χ2v) is 5.80. The van der Waals surface area contributed by atoms with Crippen LogP contribution in [-0.2, 0) is 6.54 Å². The summed E-state index contributed by atoms with van der Waals surface area (Å²) in [5, 5.41) is 3.68. The van der Waals surface area contributed by atoms with E-state index in [9.17, 15) is 0 Å². The molecule has 1 aromatic rings. The molecule has 0 amide bonds. The van der Waals surface area contributed by atoms with E-state index in [2.05, 4.69) is 41.8 Å². The summed E-state index contributed by atoms with van der Waals surface area (Å²) in [5.41, 5.74) is 0. The summed E-state index contributed by atoms with van der Waals surface area (Å²) < 4.78 is 2.34. The SMILES string of the molecule is CCNC(Cn1ccnc1C(C)C)C1CCCC1. The van der Waals surface area contributed by atoms with Gasteiger partial charge < -0.3 is 9.88 Å². The molecule has 1 aromatic heterocycles. The first-order chi connectivity index (χ1) is 8.72. The number of nitrogens with zero attached hydrogens (tertiary/aromatic N) is 2. The van der Waals surface area contributed by atoms with E-state index in [0.717, 1.165) is 19.0 Å². The predicted octanol–water partition coefficient (Wildman–Crippen LogP) is 3.17. The largest absolute Gasteiger partial charge is 0.333 e. The van der Waals surface area contributed by atoms with Crippen LogP contribution in [0.4, 0.5) is 0 Å². The number of likely N-dealkylation sites (N-methyl/N-ethyl adjacent to an activating group) is 1. The van der Waals surface area contributed by atoms with E-state index < -0.39 is 0 Å². The molecule has 0 saturated heterocycles. The second kappa shape index (κ2) is 6.37. The third-order valence-corrected chi connectivity index (χ3v) is 4.09. The molecule has 1 aliphatic carbocycles. The molecule has 3 nitrogen and oxygen atoms in total. The summed E-state index contributed by atoms with van der Waals surface area (Å²) in [6, 6.07) is 0.615. The van der Waals surface area contributed by atoms with E-state index in [1.165, 1.54) is 31.5 Å². The van der Waals surface area contributed by atoms with Gasteiger partial charge in [-0.3, -0.25) is 0 Å². The Balaban J connectivity index is 2.05. The molecular formula is C15H27N3. The molecule has 1 unspecified atom stereocenters. The Hall–Kier alpha value is -0.830. The smallest absolute Gasteiger partial charge is 0.111 e. The van der Waals surface area contributed by atoms with Crippen molar-refractivity contribution in [3.63, 3.8) is 0 Å². The molecule has 1 N–H and O–H groups in total. The van der Waals surface area contributed by atoms with Crippen LogP contribution < -0.4 is 5.32 Å². The fraction of sp³-hybridized carbons (Fsp3) is 0.800. The first-order valence-electron chi connectivity index (χ1n) is 7.46. The van der Waals surface area contributed by atoms with Crippen molar-refractivity contribution in [2.75, 3.05) is 6.54 Å². The standard InChI is InChI=1S/C15H27N3/c1-4-16-14(13-7-5-6-8-13)11-18-10-9-17-15(18)12(2)3/h9-10,12-14,16H,4-8,11H2,1-3H3. The molecule has 1 aliphatic rings. The molecule has 0 aliphatic heterocycles. The Morgan fingerprint density at radius 3 is 2.72 bits per heavy atom. The third-order valence-electron chi connectivity index (χ3n) is 4.09. The molecule has 1 heterocycles. The number of aromatic nitrogens is 2. The molecular weight excluding hydrogens is 222 g/mol. The maximum absolute atomic E-state index is 4.49. The Morgan fingerprint density at radius 2 is 2.11 bits per heavy atom. The van der Waals surface area contributed by atoms with Crippen LogP contribution in [0.2, 0.25) is 0 Å². The van der Waals surface area contributed by atoms with Crippen molar-refractivity contribution < 1.29 is 0 Å². The van der Waals surface area contributed by atoms with Crippen molar-refractivity contribution in [3.05, 3.63) is 18.2 Å². The van der Waals surface area contributed by atoms with Crippen molar-refractivity contribution in [2.24, 2.45) is 5.92 Å². The van der Waals surface area contributed by atoms with Crippen molar-refractivity contribution in [1.29, 1.82) is 0 Å². The van der Waals surface area contributed by atoms with Gasteiger partial charge in [-0.2, -0.15) is 0 Å². The van der Waals surface area contributed by atoms with E-state index in [1.54, 1.807) is 0 Å². The number of rotatable bonds is 6. The topological polar surface area (TPSA) is 29.9 Å².